The molecule has 9 aromatic rings. The molecule has 7 aromatic carbocycles. The molecule has 0 radical (unpaired) electrons. The van der Waals surface area contributed by atoms with E-state index in [1.807, 2.05) is 72.9 Å². The maximum absolute atomic E-state index is 4.91. The molecule has 0 unspecified atom stereocenters. The summed E-state index contributed by atoms with van der Waals surface area (Å²) in [7, 11) is 0. The molecule has 4 heteroatoms. The Balaban J connectivity index is 1.07. The van der Waals surface area contributed by atoms with Crippen LogP contribution in [-0.4, -0.2) is 19.9 Å². The van der Waals surface area contributed by atoms with Crippen LogP contribution in [-0.2, 0) is 0 Å². The van der Waals surface area contributed by atoms with Crippen molar-refractivity contribution in [3.8, 4) is 67.5 Å². The molecular formula is C46H30N4. The molecule has 0 atom stereocenters. The SMILES string of the molecule is c1ccc(-c2nc(-c3ccccc3)nc(-c3ccc(-c4ccc(-c5ccc(-c6cccc7ncccc67)cc5)c5ccccc45)cc3)n2)cc1. The minimum absolute atomic E-state index is 0.646. The molecule has 0 saturated carbocycles. The van der Waals surface area contributed by atoms with Crippen molar-refractivity contribution < 1.29 is 0 Å². The molecule has 2 aromatic heterocycles. The van der Waals surface area contributed by atoms with Crippen molar-refractivity contribution in [2.45, 2.75) is 0 Å². The lowest BCUT2D eigenvalue weighted by Gasteiger charge is -2.13. The summed E-state index contributed by atoms with van der Waals surface area (Å²) in [6.07, 6.45) is 1.84. The standard InChI is InChI=1S/C46H30N4/c1-3-11-34(12-4-1)44-48-45(35-13-5-2-6-14-35)50-46(49-44)36-26-24-33(25-27-36)39-29-28-38(40-15-7-8-16-41(39)40)32-22-20-31(21-23-32)37-17-9-19-43-42(37)18-10-30-47-43/h1-30H. The van der Waals surface area contributed by atoms with Crippen molar-refractivity contribution in [1.29, 1.82) is 0 Å². The third-order valence-electron chi connectivity index (χ3n) is 9.23. The summed E-state index contributed by atoms with van der Waals surface area (Å²) in [4.78, 5) is 19.2. The number of fused-ring (bicyclic) bond motifs is 2. The Kier molecular flexibility index (Phi) is 7.45. The van der Waals surface area contributed by atoms with Gasteiger partial charge in [-0.2, -0.15) is 0 Å². The monoisotopic (exact) mass is 638 g/mol. The van der Waals surface area contributed by atoms with E-state index in [9.17, 15) is 0 Å². The van der Waals surface area contributed by atoms with Crippen LogP contribution in [0, 0.1) is 0 Å². The van der Waals surface area contributed by atoms with E-state index in [2.05, 4.69) is 114 Å². The van der Waals surface area contributed by atoms with Gasteiger partial charge in [-0.15, -0.1) is 0 Å². The number of hydrogen-bond donors (Lipinski definition) is 0. The van der Waals surface area contributed by atoms with Gasteiger partial charge in [0.15, 0.2) is 17.5 Å². The highest BCUT2D eigenvalue weighted by molar-refractivity contribution is 6.05. The van der Waals surface area contributed by atoms with Gasteiger partial charge in [-0.25, -0.2) is 15.0 Å². The van der Waals surface area contributed by atoms with Gasteiger partial charge in [0.2, 0.25) is 0 Å². The summed E-state index contributed by atoms with van der Waals surface area (Å²) >= 11 is 0. The number of hydrogen-bond acceptors (Lipinski definition) is 4. The number of benzene rings is 7. The van der Waals surface area contributed by atoms with E-state index in [-0.39, 0.29) is 0 Å². The molecular weight excluding hydrogens is 609 g/mol. The van der Waals surface area contributed by atoms with E-state index in [1.54, 1.807) is 0 Å². The van der Waals surface area contributed by atoms with Crippen molar-refractivity contribution in [2.24, 2.45) is 0 Å². The zero-order valence-electron chi connectivity index (χ0n) is 27.1. The molecule has 9 rings (SSSR count). The maximum atomic E-state index is 4.91. The second-order valence-electron chi connectivity index (χ2n) is 12.3. The molecule has 0 aliphatic rings. The average molecular weight is 639 g/mol. The minimum Gasteiger partial charge on any atom is -0.256 e. The van der Waals surface area contributed by atoms with Crippen molar-refractivity contribution >= 4 is 21.7 Å². The highest BCUT2D eigenvalue weighted by atomic mass is 15.0. The van der Waals surface area contributed by atoms with Crippen molar-refractivity contribution in [3.63, 3.8) is 0 Å². The molecule has 4 nitrogen and oxygen atoms in total. The Labute approximate surface area is 290 Å². The predicted molar refractivity (Wildman–Crippen MR) is 205 cm³/mol. The fourth-order valence-electron chi connectivity index (χ4n) is 6.72. The maximum Gasteiger partial charge on any atom is 0.164 e. The highest BCUT2D eigenvalue weighted by Crippen LogP contribution is 2.37. The molecule has 2 heterocycles. The molecule has 0 fully saturated rings. The highest BCUT2D eigenvalue weighted by Gasteiger charge is 2.14. The first kappa shape index (κ1) is 29.4. The topological polar surface area (TPSA) is 51.6 Å². The first-order valence-electron chi connectivity index (χ1n) is 16.7. The van der Waals surface area contributed by atoms with Gasteiger partial charge in [0.05, 0.1) is 5.52 Å². The van der Waals surface area contributed by atoms with Crippen molar-refractivity contribution in [2.75, 3.05) is 0 Å². The summed E-state index contributed by atoms with van der Waals surface area (Å²) in [5.74, 6) is 1.96. The minimum atomic E-state index is 0.646. The lowest BCUT2D eigenvalue weighted by atomic mass is 9.91. The van der Waals surface area contributed by atoms with Crippen molar-refractivity contribution in [3.05, 3.63) is 182 Å². The fraction of sp³-hybridized carbons (Fsp3) is 0. The van der Waals surface area contributed by atoms with Crippen LogP contribution in [0.5, 0.6) is 0 Å². The molecule has 0 amide bonds. The third-order valence-corrected chi connectivity index (χ3v) is 9.23. The van der Waals surface area contributed by atoms with Gasteiger partial charge in [0.25, 0.3) is 0 Å². The van der Waals surface area contributed by atoms with Crippen LogP contribution in [0.4, 0.5) is 0 Å². The molecule has 0 aliphatic carbocycles. The Morgan fingerprint density at radius 3 is 1.16 bits per heavy atom. The largest absolute Gasteiger partial charge is 0.256 e. The zero-order valence-corrected chi connectivity index (χ0v) is 27.1. The average Bonchev–Trinajstić information content (AvgIpc) is 3.21. The number of nitrogens with zero attached hydrogens (tertiary/aromatic N) is 4. The fourth-order valence-corrected chi connectivity index (χ4v) is 6.72. The number of rotatable bonds is 6. The van der Waals surface area contributed by atoms with Crippen LogP contribution in [0.2, 0.25) is 0 Å². The van der Waals surface area contributed by atoms with Crippen LogP contribution in [0.25, 0.3) is 89.2 Å². The molecule has 0 bridgehead atoms. The molecule has 0 spiro atoms. The van der Waals surface area contributed by atoms with Crippen LogP contribution < -0.4 is 0 Å². The molecule has 50 heavy (non-hydrogen) atoms. The Bertz CT molecular complexity index is 2550. The number of pyridine rings is 1. The summed E-state index contributed by atoms with van der Waals surface area (Å²) < 4.78 is 0. The van der Waals surface area contributed by atoms with Gasteiger partial charge in [0.1, 0.15) is 0 Å². The first-order chi connectivity index (χ1) is 24.8. The summed E-state index contributed by atoms with van der Waals surface area (Å²) in [5.41, 5.74) is 10.9. The van der Waals surface area contributed by atoms with Crippen molar-refractivity contribution in [1.82, 2.24) is 19.9 Å². The summed E-state index contributed by atoms with van der Waals surface area (Å²) in [6.45, 7) is 0. The normalized spacial score (nSPS) is 11.2. The van der Waals surface area contributed by atoms with Gasteiger partial charge in [-0.3, -0.25) is 4.98 Å². The van der Waals surface area contributed by atoms with E-state index >= 15 is 0 Å². The number of aromatic nitrogens is 4. The smallest absolute Gasteiger partial charge is 0.164 e. The van der Waals surface area contributed by atoms with Crippen LogP contribution in [0.1, 0.15) is 0 Å². The van der Waals surface area contributed by atoms with Gasteiger partial charge >= 0.3 is 0 Å². The Morgan fingerprint density at radius 2 is 0.660 bits per heavy atom. The predicted octanol–water partition coefficient (Wildman–Crippen LogP) is 11.6. The van der Waals surface area contributed by atoms with Gasteiger partial charge in [0, 0.05) is 28.3 Å². The van der Waals surface area contributed by atoms with E-state index in [4.69, 9.17) is 15.0 Å². The molecule has 0 N–H and O–H groups in total. The second kappa shape index (κ2) is 12.7. The Morgan fingerprint density at radius 1 is 0.260 bits per heavy atom. The summed E-state index contributed by atoms with van der Waals surface area (Å²) in [6, 6.07) is 61.1. The zero-order chi connectivity index (χ0) is 33.3. The summed E-state index contributed by atoms with van der Waals surface area (Å²) in [5, 5.41) is 3.58. The van der Waals surface area contributed by atoms with E-state index in [0.29, 0.717) is 17.5 Å². The van der Waals surface area contributed by atoms with Gasteiger partial charge in [-0.05, 0) is 56.3 Å². The van der Waals surface area contributed by atoms with Crippen LogP contribution in [0.15, 0.2) is 182 Å². The van der Waals surface area contributed by atoms with Crippen LogP contribution in [0.3, 0.4) is 0 Å². The first-order valence-corrected chi connectivity index (χ1v) is 16.7. The molecule has 0 aliphatic heterocycles. The second-order valence-corrected chi connectivity index (χ2v) is 12.3. The molecule has 0 saturated heterocycles. The third kappa shape index (κ3) is 5.49. The van der Waals surface area contributed by atoms with Gasteiger partial charge in [-0.1, -0.05) is 164 Å². The molecule has 234 valence electrons. The quantitative estimate of drug-likeness (QED) is 0.182. The van der Waals surface area contributed by atoms with Crippen LogP contribution >= 0.6 is 0 Å². The van der Waals surface area contributed by atoms with E-state index in [1.165, 1.54) is 38.6 Å². The van der Waals surface area contributed by atoms with E-state index < -0.39 is 0 Å². The Hall–Kier alpha value is -6.78. The lowest BCUT2D eigenvalue weighted by molar-refractivity contribution is 1.07. The van der Waals surface area contributed by atoms with Gasteiger partial charge < -0.3 is 0 Å². The van der Waals surface area contributed by atoms with E-state index in [0.717, 1.165) is 33.2 Å². The lowest BCUT2D eigenvalue weighted by Crippen LogP contribution is -2.00.